The van der Waals surface area contributed by atoms with Crippen molar-refractivity contribution in [2.75, 3.05) is 0 Å². The van der Waals surface area contributed by atoms with Crippen molar-refractivity contribution in [2.45, 2.75) is 32.7 Å². The molecule has 0 spiro atoms. The van der Waals surface area contributed by atoms with E-state index in [0.29, 0.717) is 0 Å². The van der Waals surface area contributed by atoms with Gasteiger partial charge in [0.2, 0.25) is 0 Å². The molecule has 3 nitrogen and oxygen atoms in total. The Kier molecular flexibility index (Phi) is 2.37. The van der Waals surface area contributed by atoms with Crippen LogP contribution in [-0.4, -0.2) is 16.7 Å². The summed E-state index contributed by atoms with van der Waals surface area (Å²) in [7, 11) is 0. The van der Waals surface area contributed by atoms with Crippen LogP contribution in [0.2, 0.25) is 0 Å². The molecule has 1 atom stereocenters. The minimum atomic E-state index is -0.184. The lowest BCUT2D eigenvalue weighted by Crippen LogP contribution is -2.33. The van der Waals surface area contributed by atoms with Gasteiger partial charge in [0.15, 0.2) is 0 Å². The molecule has 0 unspecified atom stereocenters. The molecule has 0 bridgehead atoms. The van der Waals surface area contributed by atoms with Gasteiger partial charge in [-0.25, -0.2) is 0 Å². The molecule has 1 aromatic rings. The summed E-state index contributed by atoms with van der Waals surface area (Å²) in [5.74, 6) is -0.368. The smallest absolute Gasteiger partial charge is 0.254 e. The number of amides is 2. The number of hydrogen-bond donors (Lipinski definition) is 0. The minimum absolute atomic E-state index is 0.0747. The molecule has 0 aromatic heterocycles. The molecule has 18 heavy (non-hydrogen) atoms. The van der Waals surface area contributed by atoms with Gasteiger partial charge in [-0.1, -0.05) is 12.1 Å². The first-order valence-electron chi connectivity index (χ1n) is 6.24. The number of carbonyl (C=O) groups is 2. The first-order valence-corrected chi connectivity index (χ1v) is 6.24. The summed E-state index contributed by atoms with van der Waals surface area (Å²) in [5.41, 5.74) is 5.02. The van der Waals surface area contributed by atoms with Gasteiger partial charge in [-0.05, 0) is 48.9 Å². The number of rotatable bonds is 1. The Bertz CT molecular complexity index is 568. The highest BCUT2D eigenvalue weighted by molar-refractivity contribution is 6.13. The number of nitrogens with zero attached hydrogens (tertiary/aromatic N) is 1. The first-order chi connectivity index (χ1) is 8.59. The van der Waals surface area contributed by atoms with Gasteiger partial charge in [-0.2, -0.15) is 0 Å². The third-order valence-electron chi connectivity index (χ3n) is 4.09. The lowest BCUT2D eigenvalue weighted by Gasteiger charge is -2.23. The Morgan fingerprint density at radius 2 is 1.78 bits per heavy atom. The molecule has 0 saturated heterocycles. The fourth-order valence-corrected chi connectivity index (χ4v) is 2.96. The maximum absolute atomic E-state index is 11.8. The van der Waals surface area contributed by atoms with E-state index >= 15 is 0 Å². The molecule has 1 aliphatic carbocycles. The molecule has 1 aliphatic heterocycles. The zero-order valence-electron chi connectivity index (χ0n) is 10.6. The Morgan fingerprint density at radius 3 is 2.44 bits per heavy atom. The predicted molar refractivity (Wildman–Crippen MR) is 68.0 cm³/mol. The van der Waals surface area contributed by atoms with Gasteiger partial charge in [0, 0.05) is 12.2 Å². The van der Waals surface area contributed by atoms with Gasteiger partial charge in [0.25, 0.3) is 11.8 Å². The van der Waals surface area contributed by atoms with E-state index < -0.39 is 0 Å². The largest absolute Gasteiger partial charge is 0.269 e. The number of carbonyl (C=O) groups excluding carboxylic acids is 2. The van der Waals surface area contributed by atoms with Crippen LogP contribution >= 0.6 is 0 Å². The zero-order chi connectivity index (χ0) is 12.9. The Hall–Kier alpha value is -1.90. The van der Waals surface area contributed by atoms with E-state index in [2.05, 4.69) is 26.0 Å². The summed E-state index contributed by atoms with van der Waals surface area (Å²) in [6, 6.07) is 4.06. The monoisotopic (exact) mass is 241 g/mol. The van der Waals surface area contributed by atoms with Crippen LogP contribution in [0.15, 0.2) is 24.3 Å². The van der Waals surface area contributed by atoms with E-state index in [4.69, 9.17) is 0 Å². The van der Waals surface area contributed by atoms with E-state index in [0.717, 1.165) is 18.4 Å². The average molecular weight is 241 g/mol. The number of imide groups is 1. The van der Waals surface area contributed by atoms with Crippen LogP contribution in [-0.2, 0) is 16.0 Å². The molecule has 3 rings (SSSR count). The van der Waals surface area contributed by atoms with Crippen molar-refractivity contribution in [3.05, 3.63) is 46.5 Å². The van der Waals surface area contributed by atoms with Gasteiger partial charge in [0.1, 0.15) is 0 Å². The normalized spacial score (nSPS) is 21.9. The van der Waals surface area contributed by atoms with Crippen molar-refractivity contribution in [1.82, 2.24) is 4.90 Å². The summed E-state index contributed by atoms with van der Waals surface area (Å²) in [4.78, 5) is 24.9. The summed E-state index contributed by atoms with van der Waals surface area (Å²) < 4.78 is 0. The highest BCUT2D eigenvalue weighted by Crippen LogP contribution is 2.39. The van der Waals surface area contributed by atoms with Crippen LogP contribution in [0.25, 0.3) is 0 Å². The second-order valence-electron chi connectivity index (χ2n) is 5.01. The van der Waals surface area contributed by atoms with E-state index in [1.807, 2.05) is 0 Å². The maximum atomic E-state index is 11.8. The van der Waals surface area contributed by atoms with E-state index in [1.165, 1.54) is 33.7 Å². The quantitative estimate of drug-likeness (QED) is 0.707. The summed E-state index contributed by atoms with van der Waals surface area (Å²) in [6.07, 6.45) is 4.52. The highest BCUT2D eigenvalue weighted by Gasteiger charge is 2.36. The summed E-state index contributed by atoms with van der Waals surface area (Å²) in [5, 5.41) is 0. The van der Waals surface area contributed by atoms with Crippen molar-refractivity contribution in [3.63, 3.8) is 0 Å². The first kappa shape index (κ1) is 11.2. The van der Waals surface area contributed by atoms with Crippen LogP contribution in [0.3, 0.4) is 0 Å². The van der Waals surface area contributed by atoms with Gasteiger partial charge in [0.05, 0.1) is 6.04 Å². The maximum Gasteiger partial charge on any atom is 0.254 e. The fourth-order valence-electron chi connectivity index (χ4n) is 2.96. The number of hydrogen-bond acceptors (Lipinski definition) is 2. The van der Waals surface area contributed by atoms with Crippen molar-refractivity contribution in [2.24, 2.45) is 0 Å². The second-order valence-corrected chi connectivity index (χ2v) is 5.01. The van der Waals surface area contributed by atoms with Crippen molar-refractivity contribution >= 4 is 11.8 Å². The molecule has 1 aromatic carbocycles. The summed E-state index contributed by atoms with van der Waals surface area (Å²) in [6.45, 7) is 4.21. The molecule has 0 saturated carbocycles. The van der Waals surface area contributed by atoms with Gasteiger partial charge < -0.3 is 0 Å². The molecular weight excluding hydrogens is 226 g/mol. The van der Waals surface area contributed by atoms with Crippen molar-refractivity contribution in [1.29, 1.82) is 0 Å². The molecule has 2 aliphatic rings. The van der Waals surface area contributed by atoms with Gasteiger partial charge in [-0.15, -0.1) is 0 Å². The lowest BCUT2D eigenvalue weighted by molar-refractivity contribution is -0.139. The predicted octanol–water partition coefficient (Wildman–Crippen LogP) is 2.22. The second kappa shape index (κ2) is 3.80. The van der Waals surface area contributed by atoms with Crippen LogP contribution in [0.5, 0.6) is 0 Å². The SMILES string of the molecule is Cc1ccc2c(c1C)CC[C@@H]2N1C(=O)C=CC1=O. The molecule has 3 heteroatoms. The molecule has 1 heterocycles. The molecule has 92 valence electrons. The van der Waals surface area contributed by atoms with Crippen LogP contribution in [0.4, 0.5) is 0 Å². The average Bonchev–Trinajstić information content (AvgIpc) is 2.89. The highest BCUT2D eigenvalue weighted by atomic mass is 16.2. The zero-order valence-corrected chi connectivity index (χ0v) is 10.6. The molecule has 0 N–H and O–H groups in total. The Labute approximate surface area is 106 Å². The molecule has 2 amide bonds. The standard InChI is InChI=1S/C15H15NO2/c1-9-3-4-12-11(10(9)2)5-6-13(12)16-14(17)7-8-15(16)18/h3-4,7-8,13H,5-6H2,1-2H3/t13-/m0/s1. The topological polar surface area (TPSA) is 37.4 Å². The van der Waals surface area contributed by atoms with Crippen LogP contribution in [0, 0.1) is 13.8 Å². The van der Waals surface area contributed by atoms with Gasteiger partial charge >= 0.3 is 0 Å². The number of aryl methyl sites for hydroxylation is 1. The minimum Gasteiger partial charge on any atom is -0.269 e. The third kappa shape index (κ3) is 1.43. The van der Waals surface area contributed by atoms with Crippen LogP contribution < -0.4 is 0 Å². The fraction of sp³-hybridized carbons (Fsp3) is 0.333. The van der Waals surface area contributed by atoms with Crippen LogP contribution in [0.1, 0.15) is 34.7 Å². The number of benzene rings is 1. The lowest BCUT2D eigenvalue weighted by atomic mass is 9.98. The summed E-state index contributed by atoms with van der Waals surface area (Å²) >= 11 is 0. The van der Waals surface area contributed by atoms with Gasteiger partial charge in [-0.3, -0.25) is 14.5 Å². The molecular formula is C15H15NO2. The Morgan fingerprint density at radius 1 is 1.11 bits per heavy atom. The van der Waals surface area contributed by atoms with Crippen molar-refractivity contribution in [3.8, 4) is 0 Å². The molecule has 0 radical (unpaired) electrons. The Balaban J connectivity index is 2.04. The van der Waals surface area contributed by atoms with E-state index in [9.17, 15) is 9.59 Å². The van der Waals surface area contributed by atoms with E-state index in [1.54, 1.807) is 0 Å². The third-order valence-corrected chi connectivity index (χ3v) is 4.09. The number of fused-ring (bicyclic) bond motifs is 1. The molecule has 0 fully saturated rings. The van der Waals surface area contributed by atoms with E-state index in [-0.39, 0.29) is 17.9 Å². The van der Waals surface area contributed by atoms with Crippen molar-refractivity contribution < 1.29 is 9.59 Å².